The van der Waals surface area contributed by atoms with E-state index in [1.165, 1.54) is 0 Å². The molecule has 4 nitrogen and oxygen atoms in total. The minimum atomic E-state index is -3.61. The highest BCUT2D eigenvalue weighted by atomic mass is 35.5. The lowest BCUT2D eigenvalue weighted by molar-refractivity contribution is 0.601. The molecule has 0 spiro atoms. The van der Waals surface area contributed by atoms with E-state index in [0.29, 0.717) is 16.5 Å². The molecule has 1 N–H and O–H groups in total. The molecule has 0 unspecified atom stereocenters. The molecule has 0 saturated heterocycles. The van der Waals surface area contributed by atoms with Gasteiger partial charge in [-0.1, -0.05) is 37.1 Å². The van der Waals surface area contributed by atoms with Gasteiger partial charge >= 0.3 is 0 Å². The Bertz CT molecular complexity index is 728. The third-order valence-electron chi connectivity index (χ3n) is 3.07. The number of sulfonamides is 1. The predicted molar refractivity (Wildman–Crippen MR) is 85.2 cm³/mol. The Morgan fingerprint density at radius 1 is 1.14 bits per heavy atom. The van der Waals surface area contributed by atoms with Gasteiger partial charge in [0.15, 0.2) is 0 Å². The van der Waals surface area contributed by atoms with Crippen molar-refractivity contribution >= 4 is 27.3 Å². The summed E-state index contributed by atoms with van der Waals surface area (Å²) in [5.74, 6) is 0. The third kappa shape index (κ3) is 3.95. The van der Waals surface area contributed by atoms with Crippen molar-refractivity contribution in [2.24, 2.45) is 0 Å². The van der Waals surface area contributed by atoms with Gasteiger partial charge in [0, 0.05) is 0 Å². The monoisotopic (exact) mass is 324 g/mol. The van der Waals surface area contributed by atoms with E-state index in [0.717, 1.165) is 18.4 Å². The number of anilines is 1. The SMILES string of the molecule is CCCc1ccc(S(=O)(=O)Nc2ccc(Cl)nc2C)cc1. The molecule has 21 heavy (non-hydrogen) atoms. The van der Waals surface area contributed by atoms with Crippen LogP contribution in [-0.2, 0) is 16.4 Å². The first-order valence-corrected chi connectivity index (χ1v) is 8.53. The molecular weight excluding hydrogens is 308 g/mol. The molecular formula is C15H17ClN2O2S. The van der Waals surface area contributed by atoms with Gasteiger partial charge in [0.2, 0.25) is 0 Å². The Kier molecular flexibility index (Phi) is 4.85. The molecule has 6 heteroatoms. The quantitative estimate of drug-likeness (QED) is 0.851. The summed E-state index contributed by atoms with van der Waals surface area (Å²) in [7, 11) is -3.61. The molecule has 0 amide bonds. The lowest BCUT2D eigenvalue weighted by atomic mass is 10.1. The molecule has 0 aliphatic heterocycles. The Morgan fingerprint density at radius 2 is 1.81 bits per heavy atom. The third-order valence-corrected chi connectivity index (χ3v) is 4.66. The van der Waals surface area contributed by atoms with Crippen molar-refractivity contribution in [2.45, 2.75) is 31.6 Å². The molecule has 0 aliphatic carbocycles. The number of hydrogen-bond donors (Lipinski definition) is 1. The van der Waals surface area contributed by atoms with Crippen molar-refractivity contribution in [3.63, 3.8) is 0 Å². The van der Waals surface area contributed by atoms with E-state index in [1.54, 1.807) is 31.2 Å². The summed E-state index contributed by atoms with van der Waals surface area (Å²) in [6.07, 6.45) is 1.97. The first-order valence-electron chi connectivity index (χ1n) is 6.67. The summed E-state index contributed by atoms with van der Waals surface area (Å²) >= 11 is 5.76. The lowest BCUT2D eigenvalue weighted by Crippen LogP contribution is -2.14. The molecule has 112 valence electrons. The number of rotatable bonds is 5. The number of halogens is 1. The van der Waals surface area contributed by atoms with E-state index >= 15 is 0 Å². The van der Waals surface area contributed by atoms with E-state index in [2.05, 4.69) is 16.6 Å². The van der Waals surface area contributed by atoms with E-state index in [-0.39, 0.29) is 4.90 Å². The standard InChI is InChI=1S/C15H17ClN2O2S/c1-3-4-12-5-7-13(8-6-12)21(19,20)18-14-9-10-15(16)17-11(14)2/h5-10,18H,3-4H2,1-2H3. The van der Waals surface area contributed by atoms with Crippen molar-refractivity contribution in [1.29, 1.82) is 0 Å². The van der Waals surface area contributed by atoms with E-state index in [4.69, 9.17) is 11.6 Å². The van der Waals surface area contributed by atoms with Gasteiger partial charge in [0.1, 0.15) is 5.15 Å². The Hall–Kier alpha value is -1.59. The fraction of sp³-hybridized carbons (Fsp3) is 0.267. The number of pyridine rings is 1. The Labute approximate surface area is 130 Å². The number of hydrogen-bond acceptors (Lipinski definition) is 3. The molecule has 2 rings (SSSR count). The minimum Gasteiger partial charge on any atom is -0.278 e. The van der Waals surface area contributed by atoms with Gasteiger partial charge in [-0.3, -0.25) is 4.72 Å². The van der Waals surface area contributed by atoms with Crippen molar-refractivity contribution in [1.82, 2.24) is 4.98 Å². The van der Waals surface area contributed by atoms with Gasteiger partial charge in [-0.25, -0.2) is 13.4 Å². The molecule has 0 saturated carbocycles. The summed E-state index contributed by atoms with van der Waals surface area (Å²) in [6, 6.07) is 10.1. The second-order valence-corrected chi connectivity index (χ2v) is 6.84. The molecule has 0 aliphatic rings. The van der Waals surface area contributed by atoms with Crippen molar-refractivity contribution in [3.05, 3.63) is 52.8 Å². The van der Waals surface area contributed by atoms with Gasteiger partial charge in [0.25, 0.3) is 10.0 Å². The molecule has 0 atom stereocenters. The summed E-state index contributed by atoms with van der Waals surface area (Å²) in [6.45, 7) is 3.79. The smallest absolute Gasteiger partial charge is 0.261 e. The van der Waals surface area contributed by atoms with Crippen molar-refractivity contribution in [2.75, 3.05) is 4.72 Å². The maximum absolute atomic E-state index is 12.3. The van der Waals surface area contributed by atoms with Crippen LogP contribution in [0.5, 0.6) is 0 Å². The molecule has 1 aromatic carbocycles. The minimum absolute atomic E-state index is 0.233. The van der Waals surface area contributed by atoms with Crippen LogP contribution in [0.15, 0.2) is 41.3 Å². The highest BCUT2D eigenvalue weighted by Gasteiger charge is 2.15. The second-order valence-electron chi connectivity index (χ2n) is 4.77. The zero-order chi connectivity index (χ0) is 15.5. The van der Waals surface area contributed by atoms with E-state index < -0.39 is 10.0 Å². The van der Waals surface area contributed by atoms with Crippen LogP contribution >= 0.6 is 11.6 Å². The number of nitrogens with zero attached hydrogens (tertiary/aromatic N) is 1. The maximum atomic E-state index is 12.3. The normalized spacial score (nSPS) is 11.4. The molecule has 0 bridgehead atoms. The first kappa shape index (κ1) is 15.8. The summed E-state index contributed by atoms with van der Waals surface area (Å²) in [5, 5.41) is 0.333. The van der Waals surface area contributed by atoms with Crippen molar-refractivity contribution in [3.8, 4) is 0 Å². The highest BCUT2D eigenvalue weighted by Crippen LogP contribution is 2.20. The fourth-order valence-corrected chi connectivity index (χ4v) is 3.27. The van der Waals surface area contributed by atoms with Crippen LogP contribution in [-0.4, -0.2) is 13.4 Å². The second kappa shape index (κ2) is 6.45. The zero-order valence-corrected chi connectivity index (χ0v) is 13.5. The Morgan fingerprint density at radius 3 is 2.38 bits per heavy atom. The van der Waals surface area contributed by atoms with Gasteiger partial charge < -0.3 is 0 Å². The molecule has 0 radical (unpaired) electrons. The van der Waals surface area contributed by atoms with Gasteiger partial charge in [-0.15, -0.1) is 0 Å². The first-order chi connectivity index (χ1) is 9.92. The fourth-order valence-electron chi connectivity index (χ4n) is 1.97. The van der Waals surface area contributed by atoms with Crippen LogP contribution in [0.4, 0.5) is 5.69 Å². The number of aryl methyl sites for hydroxylation is 2. The molecule has 2 aromatic rings. The van der Waals surface area contributed by atoms with Gasteiger partial charge in [-0.2, -0.15) is 0 Å². The molecule has 1 heterocycles. The average Bonchev–Trinajstić information content (AvgIpc) is 2.43. The average molecular weight is 325 g/mol. The summed E-state index contributed by atoms with van der Waals surface area (Å²) in [4.78, 5) is 4.26. The van der Waals surface area contributed by atoms with E-state index in [1.807, 2.05) is 12.1 Å². The van der Waals surface area contributed by atoms with Crippen LogP contribution < -0.4 is 4.72 Å². The van der Waals surface area contributed by atoms with Crippen LogP contribution in [0.2, 0.25) is 5.15 Å². The highest BCUT2D eigenvalue weighted by molar-refractivity contribution is 7.92. The largest absolute Gasteiger partial charge is 0.278 e. The lowest BCUT2D eigenvalue weighted by Gasteiger charge is -2.10. The maximum Gasteiger partial charge on any atom is 0.261 e. The summed E-state index contributed by atoms with van der Waals surface area (Å²) < 4.78 is 27.2. The van der Waals surface area contributed by atoms with Crippen molar-refractivity contribution < 1.29 is 8.42 Å². The number of nitrogens with one attached hydrogen (secondary N) is 1. The van der Waals surface area contributed by atoms with E-state index in [9.17, 15) is 8.42 Å². The number of benzene rings is 1. The number of aromatic nitrogens is 1. The van der Waals surface area contributed by atoms with Gasteiger partial charge in [0.05, 0.1) is 16.3 Å². The van der Waals surface area contributed by atoms with Gasteiger partial charge in [-0.05, 0) is 43.2 Å². The van der Waals surface area contributed by atoms with Crippen LogP contribution in [0.3, 0.4) is 0 Å². The molecule has 0 fully saturated rings. The Balaban J connectivity index is 2.25. The van der Waals surface area contributed by atoms with Crippen LogP contribution in [0.1, 0.15) is 24.6 Å². The van der Waals surface area contributed by atoms with Crippen LogP contribution in [0, 0.1) is 6.92 Å². The summed E-state index contributed by atoms with van der Waals surface area (Å²) in [5.41, 5.74) is 2.09. The molecule has 1 aromatic heterocycles. The topological polar surface area (TPSA) is 59.1 Å². The van der Waals surface area contributed by atoms with Crippen LogP contribution in [0.25, 0.3) is 0 Å². The zero-order valence-electron chi connectivity index (χ0n) is 11.9. The predicted octanol–water partition coefficient (Wildman–Crippen LogP) is 3.80.